The summed E-state index contributed by atoms with van der Waals surface area (Å²) in [5.74, 6) is 0.0302. The molecule has 1 fully saturated rings. The Balaban J connectivity index is 0.00000192. The molecule has 126 valence electrons. The van der Waals surface area contributed by atoms with Gasteiger partial charge in [-0.2, -0.15) is 0 Å². The van der Waals surface area contributed by atoms with E-state index < -0.39 is 5.97 Å². The number of fused-ring (bicyclic) bond motifs is 1. The van der Waals surface area contributed by atoms with Crippen LogP contribution >= 0.6 is 12.4 Å². The molecular formula is C14H21ClN6O2. The van der Waals surface area contributed by atoms with Crippen LogP contribution in [-0.2, 0) is 11.8 Å². The van der Waals surface area contributed by atoms with Gasteiger partial charge in [0.25, 0.3) is 0 Å². The van der Waals surface area contributed by atoms with Gasteiger partial charge >= 0.3 is 5.97 Å². The minimum atomic E-state index is -0.790. The van der Waals surface area contributed by atoms with Crippen LogP contribution in [0.15, 0.2) is 12.7 Å². The number of halogens is 1. The Morgan fingerprint density at radius 2 is 1.91 bits per heavy atom. The number of rotatable bonds is 3. The first-order chi connectivity index (χ1) is 10.5. The summed E-state index contributed by atoms with van der Waals surface area (Å²) >= 11 is 0. The molecule has 0 unspecified atom stereocenters. The number of imidazole rings is 1. The maximum absolute atomic E-state index is 10.9. The molecule has 0 radical (unpaired) electrons. The van der Waals surface area contributed by atoms with Crippen molar-refractivity contribution in [3.63, 3.8) is 0 Å². The first-order valence-electron chi connectivity index (χ1n) is 7.32. The number of carboxylic acids is 1. The van der Waals surface area contributed by atoms with Crippen LogP contribution in [0, 0.1) is 0 Å². The van der Waals surface area contributed by atoms with Crippen LogP contribution in [0.4, 0.5) is 5.82 Å². The molecule has 2 aromatic rings. The third kappa shape index (κ3) is 3.23. The summed E-state index contributed by atoms with van der Waals surface area (Å²) in [6, 6.07) is 0.311. The van der Waals surface area contributed by atoms with E-state index in [2.05, 4.69) is 33.7 Å². The number of anilines is 1. The third-order valence-electron chi connectivity index (χ3n) is 4.08. The molecule has 0 amide bonds. The first-order valence-corrected chi connectivity index (χ1v) is 7.32. The highest BCUT2D eigenvalue weighted by molar-refractivity contribution is 5.85. The Labute approximate surface area is 140 Å². The largest absolute Gasteiger partial charge is 0.480 e. The maximum atomic E-state index is 10.9. The van der Waals surface area contributed by atoms with E-state index in [-0.39, 0.29) is 31.0 Å². The summed E-state index contributed by atoms with van der Waals surface area (Å²) < 4.78 is 1.87. The van der Waals surface area contributed by atoms with Gasteiger partial charge in [-0.25, -0.2) is 15.0 Å². The topological polar surface area (TPSA) is 87.4 Å². The average molecular weight is 341 g/mol. The monoisotopic (exact) mass is 340 g/mol. The predicted octanol–water partition coefficient (Wildman–Crippen LogP) is 0.769. The molecule has 1 aliphatic heterocycles. The zero-order valence-corrected chi connectivity index (χ0v) is 14.2. The van der Waals surface area contributed by atoms with Gasteiger partial charge in [0.05, 0.1) is 12.9 Å². The average Bonchev–Trinajstić information content (AvgIpc) is 2.80. The van der Waals surface area contributed by atoms with Gasteiger partial charge in [-0.05, 0) is 13.8 Å². The van der Waals surface area contributed by atoms with Crippen molar-refractivity contribution in [1.29, 1.82) is 0 Å². The van der Waals surface area contributed by atoms with E-state index in [1.165, 1.54) is 0 Å². The van der Waals surface area contributed by atoms with Crippen molar-refractivity contribution < 1.29 is 9.90 Å². The minimum Gasteiger partial charge on any atom is -0.480 e. The van der Waals surface area contributed by atoms with Gasteiger partial charge in [0, 0.05) is 32.2 Å². The Bertz CT molecular complexity index is 694. The first kappa shape index (κ1) is 17.4. The SMILES string of the molecule is C[C@@H]1CN(CC(=O)O)C[C@H](C)N1c1ncnc2c1ncn2C.Cl. The van der Waals surface area contributed by atoms with Gasteiger partial charge in [0.2, 0.25) is 0 Å². The van der Waals surface area contributed by atoms with E-state index in [0.717, 1.165) is 17.0 Å². The molecule has 1 N–H and O–H groups in total. The van der Waals surface area contributed by atoms with Crippen LogP contribution in [0.25, 0.3) is 11.2 Å². The molecule has 0 spiro atoms. The second kappa shape index (κ2) is 6.67. The molecular weight excluding hydrogens is 320 g/mol. The number of nitrogens with zero attached hydrogens (tertiary/aromatic N) is 6. The van der Waals surface area contributed by atoms with Crippen LogP contribution in [0.1, 0.15) is 13.8 Å². The number of hydrogen-bond donors (Lipinski definition) is 1. The molecule has 0 aliphatic carbocycles. The lowest BCUT2D eigenvalue weighted by Gasteiger charge is -2.44. The van der Waals surface area contributed by atoms with E-state index in [0.29, 0.717) is 13.1 Å². The molecule has 2 aromatic heterocycles. The van der Waals surface area contributed by atoms with Crippen LogP contribution in [0.5, 0.6) is 0 Å². The van der Waals surface area contributed by atoms with E-state index in [9.17, 15) is 4.79 Å². The number of aryl methyl sites for hydroxylation is 1. The summed E-state index contributed by atoms with van der Waals surface area (Å²) in [5.41, 5.74) is 1.59. The molecule has 1 aliphatic rings. The molecule has 3 heterocycles. The molecule has 23 heavy (non-hydrogen) atoms. The zero-order chi connectivity index (χ0) is 15.9. The lowest BCUT2D eigenvalue weighted by Crippen LogP contribution is -2.58. The van der Waals surface area contributed by atoms with E-state index in [4.69, 9.17) is 5.11 Å². The van der Waals surface area contributed by atoms with Gasteiger partial charge in [-0.15, -0.1) is 12.4 Å². The molecule has 2 atom stereocenters. The summed E-state index contributed by atoms with van der Waals surface area (Å²) in [5, 5.41) is 8.98. The molecule has 0 aromatic carbocycles. The number of aliphatic carboxylic acids is 1. The molecule has 0 saturated carbocycles. The number of hydrogen-bond acceptors (Lipinski definition) is 6. The van der Waals surface area contributed by atoms with E-state index in [1.54, 1.807) is 12.7 Å². The zero-order valence-electron chi connectivity index (χ0n) is 13.4. The third-order valence-corrected chi connectivity index (χ3v) is 4.08. The summed E-state index contributed by atoms with van der Waals surface area (Å²) in [6.07, 6.45) is 3.29. The molecule has 0 bridgehead atoms. The van der Waals surface area contributed by atoms with E-state index in [1.807, 2.05) is 16.5 Å². The fourth-order valence-corrected chi connectivity index (χ4v) is 3.29. The molecule has 1 saturated heterocycles. The van der Waals surface area contributed by atoms with Gasteiger partial charge in [-0.1, -0.05) is 0 Å². The molecule has 9 heteroatoms. The van der Waals surface area contributed by atoms with Gasteiger partial charge in [0.1, 0.15) is 6.33 Å². The van der Waals surface area contributed by atoms with E-state index >= 15 is 0 Å². The maximum Gasteiger partial charge on any atom is 0.317 e. The summed E-state index contributed by atoms with van der Waals surface area (Å²) in [7, 11) is 1.91. The van der Waals surface area contributed by atoms with Crippen molar-refractivity contribution >= 4 is 35.4 Å². The van der Waals surface area contributed by atoms with Crippen molar-refractivity contribution in [3.8, 4) is 0 Å². The van der Waals surface area contributed by atoms with Crippen LogP contribution in [0.3, 0.4) is 0 Å². The Morgan fingerprint density at radius 3 is 2.52 bits per heavy atom. The molecule has 3 rings (SSSR count). The van der Waals surface area contributed by atoms with Gasteiger partial charge in [-0.3, -0.25) is 9.69 Å². The number of piperazine rings is 1. The lowest BCUT2D eigenvalue weighted by atomic mass is 10.1. The quantitative estimate of drug-likeness (QED) is 0.882. The van der Waals surface area contributed by atoms with Crippen molar-refractivity contribution in [2.24, 2.45) is 7.05 Å². The fraction of sp³-hybridized carbons (Fsp3) is 0.571. The van der Waals surface area contributed by atoms with Crippen LogP contribution in [0.2, 0.25) is 0 Å². The molecule has 8 nitrogen and oxygen atoms in total. The highest BCUT2D eigenvalue weighted by atomic mass is 35.5. The van der Waals surface area contributed by atoms with Crippen molar-refractivity contribution in [3.05, 3.63) is 12.7 Å². The minimum absolute atomic E-state index is 0. The predicted molar refractivity (Wildman–Crippen MR) is 89.0 cm³/mol. The summed E-state index contributed by atoms with van der Waals surface area (Å²) in [4.78, 5) is 28.2. The van der Waals surface area contributed by atoms with Gasteiger partial charge < -0.3 is 14.6 Å². The second-order valence-corrected chi connectivity index (χ2v) is 5.92. The smallest absolute Gasteiger partial charge is 0.317 e. The Hall–Kier alpha value is -1.93. The normalized spacial score (nSPS) is 22.1. The fourth-order valence-electron chi connectivity index (χ4n) is 3.29. The number of carbonyl (C=O) groups is 1. The van der Waals surface area contributed by atoms with Crippen LogP contribution < -0.4 is 4.90 Å². The Kier molecular flexibility index (Phi) is 5.06. The number of aromatic nitrogens is 4. The highest BCUT2D eigenvalue weighted by Crippen LogP contribution is 2.27. The van der Waals surface area contributed by atoms with Crippen LogP contribution in [-0.4, -0.2) is 67.2 Å². The van der Waals surface area contributed by atoms with Crippen molar-refractivity contribution in [1.82, 2.24) is 24.4 Å². The number of carboxylic acid groups (broad SMARTS) is 1. The Morgan fingerprint density at radius 1 is 1.26 bits per heavy atom. The standard InChI is InChI=1S/C14H20N6O2.ClH/c1-9-4-19(6-11(21)22)5-10(2)20(9)14-12-13(15-7-16-14)18(3)8-17-12;/h7-10H,4-6H2,1-3H3,(H,21,22);1H/t9-,10+;. The van der Waals surface area contributed by atoms with Gasteiger partial charge in [0.15, 0.2) is 17.0 Å². The summed E-state index contributed by atoms with van der Waals surface area (Å²) in [6.45, 7) is 5.62. The lowest BCUT2D eigenvalue weighted by molar-refractivity contribution is -0.138. The van der Waals surface area contributed by atoms with Crippen molar-refractivity contribution in [2.45, 2.75) is 25.9 Å². The van der Waals surface area contributed by atoms with Crippen molar-refractivity contribution in [2.75, 3.05) is 24.5 Å². The highest BCUT2D eigenvalue weighted by Gasteiger charge is 2.32. The second-order valence-electron chi connectivity index (χ2n) is 5.92.